The van der Waals surface area contributed by atoms with Crippen LogP contribution in [0.2, 0.25) is 0 Å². The number of ether oxygens (including phenoxy) is 3. The molecule has 11 nitrogen and oxygen atoms in total. The van der Waals surface area contributed by atoms with Gasteiger partial charge in [-0.3, -0.25) is 14.6 Å². The molecule has 2 aromatic heterocycles. The van der Waals surface area contributed by atoms with Gasteiger partial charge in [0.15, 0.2) is 0 Å². The molecule has 2 aromatic carbocycles. The molecular formula is C32H31FN6O5. The SMILES string of the molecule is COC(=O)c1ccc2nc([C@H](C)N3CCN(c4cccc(OCc5ccc(C#N)cc5F)n4)C(=O)C3)n(CC3CCO3)c2c1. The van der Waals surface area contributed by atoms with E-state index < -0.39 is 11.8 Å². The number of nitrogens with zero attached hydrogens (tertiary/aromatic N) is 6. The van der Waals surface area contributed by atoms with E-state index in [2.05, 4.69) is 14.5 Å². The zero-order valence-corrected chi connectivity index (χ0v) is 24.4. The first kappa shape index (κ1) is 29.2. The lowest BCUT2D eigenvalue weighted by atomic mass is 10.1. The van der Waals surface area contributed by atoms with Crippen molar-refractivity contribution in [2.75, 3.05) is 38.3 Å². The highest BCUT2D eigenvalue weighted by atomic mass is 19.1. The Labute approximate surface area is 253 Å². The van der Waals surface area contributed by atoms with Crippen LogP contribution >= 0.6 is 0 Å². The monoisotopic (exact) mass is 598 g/mol. The van der Waals surface area contributed by atoms with Crippen LogP contribution in [0.4, 0.5) is 10.2 Å². The number of benzene rings is 2. The Balaban J connectivity index is 1.17. The average Bonchev–Trinajstić information content (AvgIpc) is 3.38. The summed E-state index contributed by atoms with van der Waals surface area (Å²) in [5.74, 6) is 0.433. The minimum absolute atomic E-state index is 0.0626. The molecule has 6 rings (SSSR count). The summed E-state index contributed by atoms with van der Waals surface area (Å²) in [6, 6.07) is 16.3. The molecule has 2 aliphatic rings. The summed E-state index contributed by atoms with van der Waals surface area (Å²) in [5.41, 5.74) is 2.55. The number of imidazole rings is 1. The van der Waals surface area contributed by atoms with Gasteiger partial charge in [-0.25, -0.2) is 14.2 Å². The van der Waals surface area contributed by atoms with E-state index in [9.17, 15) is 14.0 Å². The Hall–Kier alpha value is -4.86. The van der Waals surface area contributed by atoms with Gasteiger partial charge in [0, 0.05) is 31.3 Å². The highest BCUT2D eigenvalue weighted by molar-refractivity contribution is 5.95. The number of piperazine rings is 1. The normalized spacial score (nSPS) is 17.6. The number of amides is 1. The molecule has 0 aliphatic carbocycles. The Bertz CT molecular complexity index is 1760. The van der Waals surface area contributed by atoms with Gasteiger partial charge in [0.2, 0.25) is 11.8 Å². The molecule has 226 valence electrons. The van der Waals surface area contributed by atoms with Crippen LogP contribution in [0.1, 0.15) is 46.7 Å². The summed E-state index contributed by atoms with van der Waals surface area (Å²) in [6.07, 6.45) is 1.01. The minimum Gasteiger partial charge on any atom is -0.473 e. The van der Waals surface area contributed by atoms with Crippen LogP contribution in [-0.4, -0.2) is 70.8 Å². The fourth-order valence-corrected chi connectivity index (χ4v) is 5.48. The number of hydrogen-bond donors (Lipinski definition) is 0. The number of nitriles is 1. The Morgan fingerprint density at radius 3 is 2.73 bits per heavy atom. The lowest BCUT2D eigenvalue weighted by Crippen LogP contribution is -2.51. The van der Waals surface area contributed by atoms with Crippen LogP contribution < -0.4 is 9.64 Å². The number of carbonyl (C=O) groups is 2. The van der Waals surface area contributed by atoms with Gasteiger partial charge in [0.05, 0.1) is 60.6 Å². The first-order valence-electron chi connectivity index (χ1n) is 14.4. The van der Waals surface area contributed by atoms with Gasteiger partial charge in [-0.1, -0.05) is 12.1 Å². The van der Waals surface area contributed by atoms with Crippen molar-refractivity contribution in [2.24, 2.45) is 0 Å². The highest BCUT2D eigenvalue weighted by Gasteiger charge is 2.32. The molecule has 0 saturated carbocycles. The number of methoxy groups -OCH3 is 1. The third-order valence-electron chi connectivity index (χ3n) is 8.09. The van der Waals surface area contributed by atoms with Crippen LogP contribution in [-0.2, 0) is 27.4 Å². The van der Waals surface area contributed by atoms with Crippen molar-refractivity contribution in [1.82, 2.24) is 19.4 Å². The summed E-state index contributed by atoms with van der Waals surface area (Å²) in [5, 5.41) is 8.94. The second-order valence-corrected chi connectivity index (χ2v) is 10.8. The van der Waals surface area contributed by atoms with Crippen LogP contribution in [0, 0.1) is 17.1 Å². The molecule has 44 heavy (non-hydrogen) atoms. The van der Waals surface area contributed by atoms with Crippen molar-refractivity contribution < 1.29 is 28.2 Å². The summed E-state index contributed by atoms with van der Waals surface area (Å²) < 4.78 is 32.7. The number of pyridine rings is 1. The summed E-state index contributed by atoms with van der Waals surface area (Å²) in [6.45, 7) is 4.41. The average molecular weight is 599 g/mol. The van der Waals surface area contributed by atoms with Gasteiger partial charge in [0.1, 0.15) is 24.1 Å². The second-order valence-electron chi connectivity index (χ2n) is 10.8. The maximum Gasteiger partial charge on any atom is 0.337 e. The van der Waals surface area contributed by atoms with Crippen molar-refractivity contribution in [1.29, 1.82) is 5.26 Å². The molecule has 0 radical (unpaired) electrons. The maximum absolute atomic E-state index is 14.3. The first-order chi connectivity index (χ1) is 21.3. The van der Waals surface area contributed by atoms with Crippen LogP contribution in [0.5, 0.6) is 5.88 Å². The van der Waals surface area contributed by atoms with E-state index >= 15 is 0 Å². The molecule has 1 unspecified atom stereocenters. The molecule has 0 N–H and O–H groups in total. The number of esters is 1. The molecule has 2 aliphatic heterocycles. The number of aromatic nitrogens is 3. The van der Waals surface area contributed by atoms with Crippen molar-refractivity contribution in [3.8, 4) is 11.9 Å². The van der Waals surface area contributed by atoms with E-state index in [1.165, 1.54) is 19.2 Å². The number of anilines is 1. The smallest absolute Gasteiger partial charge is 0.337 e. The third-order valence-corrected chi connectivity index (χ3v) is 8.09. The van der Waals surface area contributed by atoms with E-state index in [0.717, 1.165) is 36.0 Å². The Morgan fingerprint density at radius 2 is 2.02 bits per heavy atom. The molecular weight excluding hydrogens is 567 g/mol. The number of carbonyl (C=O) groups excluding carboxylic acids is 2. The van der Waals surface area contributed by atoms with Crippen LogP contribution in [0.25, 0.3) is 11.0 Å². The van der Waals surface area contributed by atoms with Gasteiger partial charge in [0.25, 0.3) is 0 Å². The number of fused-ring (bicyclic) bond motifs is 1. The van der Waals surface area contributed by atoms with Crippen molar-refractivity contribution >= 4 is 28.7 Å². The lowest BCUT2D eigenvalue weighted by Gasteiger charge is -2.37. The largest absolute Gasteiger partial charge is 0.473 e. The van der Waals surface area contributed by atoms with Crippen molar-refractivity contribution in [3.05, 3.63) is 82.9 Å². The third kappa shape index (κ3) is 5.84. The number of halogens is 1. The fraction of sp³-hybridized carbons (Fsp3) is 0.344. The number of rotatable bonds is 9. The predicted octanol–water partition coefficient (Wildman–Crippen LogP) is 4.01. The molecule has 12 heteroatoms. The van der Waals surface area contributed by atoms with Gasteiger partial charge in [-0.05, 0) is 49.7 Å². The molecule has 0 bridgehead atoms. The first-order valence-corrected chi connectivity index (χ1v) is 14.4. The van der Waals surface area contributed by atoms with Gasteiger partial charge in [-0.15, -0.1) is 0 Å². The van der Waals surface area contributed by atoms with Crippen molar-refractivity contribution in [3.63, 3.8) is 0 Å². The molecule has 2 atom stereocenters. The van der Waals surface area contributed by atoms with Gasteiger partial charge in [-0.2, -0.15) is 10.2 Å². The summed E-state index contributed by atoms with van der Waals surface area (Å²) in [7, 11) is 1.35. The highest BCUT2D eigenvalue weighted by Crippen LogP contribution is 2.30. The van der Waals surface area contributed by atoms with Gasteiger partial charge >= 0.3 is 5.97 Å². The molecule has 4 heterocycles. The number of hydrogen-bond acceptors (Lipinski definition) is 9. The maximum atomic E-state index is 14.3. The van der Waals surface area contributed by atoms with Gasteiger partial charge < -0.3 is 18.8 Å². The standard InChI is InChI=1S/C32H31FN6O5/c1-20(31-35-26-9-8-22(32(41)42-2)15-27(26)39(31)17-24-10-13-43-24)37-11-12-38(30(40)18-37)28-4-3-5-29(36-28)44-19-23-7-6-21(16-34)14-25(23)33/h3-9,14-15,20,24H,10-13,17-19H2,1-2H3/t20-,24?/m0/s1. The Kier molecular flexibility index (Phi) is 8.23. The topological polar surface area (TPSA) is 123 Å². The molecule has 2 saturated heterocycles. The molecule has 4 aromatic rings. The zero-order chi connectivity index (χ0) is 30.8. The van der Waals surface area contributed by atoms with E-state index in [1.54, 1.807) is 35.2 Å². The van der Waals surface area contributed by atoms with Crippen molar-refractivity contribution in [2.45, 2.75) is 38.6 Å². The lowest BCUT2D eigenvalue weighted by molar-refractivity contribution is -0.122. The minimum atomic E-state index is -0.529. The molecule has 2 fully saturated rings. The van der Waals surface area contributed by atoms with Crippen LogP contribution in [0.3, 0.4) is 0 Å². The summed E-state index contributed by atoms with van der Waals surface area (Å²) >= 11 is 0. The fourth-order valence-electron chi connectivity index (χ4n) is 5.48. The zero-order valence-electron chi connectivity index (χ0n) is 24.4. The molecule has 1 amide bonds. The molecule has 0 spiro atoms. The van der Waals surface area contributed by atoms with Crippen LogP contribution in [0.15, 0.2) is 54.6 Å². The summed E-state index contributed by atoms with van der Waals surface area (Å²) in [4.78, 5) is 38.7. The van der Waals surface area contributed by atoms with E-state index in [1.807, 2.05) is 19.1 Å². The van der Waals surface area contributed by atoms with E-state index in [-0.39, 0.29) is 42.6 Å². The predicted molar refractivity (Wildman–Crippen MR) is 157 cm³/mol. The van der Waals surface area contributed by atoms with E-state index in [0.29, 0.717) is 36.6 Å². The Morgan fingerprint density at radius 1 is 1.18 bits per heavy atom. The van der Waals surface area contributed by atoms with E-state index in [4.69, 9.17) is 24.5 Å². The quantitative estimate of drug-likeness (QED) is 0.263. The second kappa shape index (κ2) is 12.4.